The molecule has 104 valence electrons. The first-order valence-corrected chi connectivity index (χ1v) is 6.91. The number of likely N-dealkylation sites (tertiary alicyclic amines) is 1. The molecule has 1 saturated heterocycles. The Morgan fingerprint density at radius 2 is 1.58 bits per heavy atom. The largest absolute Gasteiger partial charge is 0.416 e. The number of rotatable bonds is 2. The zero-order valence-corrected chi connectivity index (χ0v) is 10.8. The second kappa shape index (κ2) is 4.82. The normalized spacial score (nSPS) is 27.7. The van der Waals surface area contributed by atoms with Gasteiger partial charge in [0.15, 0.2) is 0 Å². The Kier molecular flexibility index (Phi) is 3.29. The van der Waals surface area contributed by atoms with E-state index in [9.17, 15) is 13.2 Å². The molecule has 1 heterocycles. The van der Waals surface area contributed by atoms with Crippen LogP contribution in [0.4, 0.5) is 13.2 Å². The van der Waals surface area contributed by atoms with Gasteiger partial charge >= 0.3 is 6.18 Å². The molecule has 2 aliphatic rings. The van der Waals surface area contributed by atoms with E-state index in [0.29, 0.717) is 0 Å². The minimum atomic E-state index is -4.23. The van der Waals surface area contributed by atoms with Crippen LogP contribution in [0.5, 0.6) is 0 Å². The van der Waals surface area contributed by atoms with Crippen molar-refractivity contribution >= 4 is 0 Å². The van der Waals surface area contributed by atoms with Crippen molar-refractivity contribution in [1.29, 1.82) is 0 Å². The van der Waals surface area contributed by atoms with E-state index in [1.807, 2.05) is 0 Å². The Hall–Kier alpha value is -1.03. The zero-order valence-electron chi connectivity index (χ0n) is 10.8. The van der Waals surface area contributed by atoms with Crippen molar-refractivity contribution in [3.8, 4) is 0 Å². The van der Waals surface area contributed by atoms with Gasteiger partial charge in [-0.15, -0.1) is 0 Å². The van der Waals surface area contributed by atoms with Crippen LogP contribution in [0.3, 0.4) is 0 Å². The summed E-state index contributed by atoms with van der Waals surface area (Å²) in [6, 6.07) is 5.59. The lowest BCUT2D eigenvalue weighted by molar-refractivity contribution is -0.137. The van der Waals surface area contributed by atoms with Gasteiger partial charge in [-0.25, -0.2) is 0 Å². The highest BCUT2D eigenvalue weighted by atomic mass is 19.4. The van der Waals surface area contributed by atoms with Crippen LogP contribution in [0.2, 0.25) is 0 Å². The molecule has 3 rings (SSSR count). The van der Waals surface area contributed by atoms with Crippen molar-refractivity contribution in [2.75, 3.05) is 13.1 Å². The van der Waals surface area contributed by atoms with E-state index in [4.69, 9.17) is 0 Å². The lowest BCUT2D eigenvalue weighted by atomic mass is 10.0. The van der Waals surface area contributed by atoms with E-state index >= 15 is 0 Å². The van der Waals surface area contributed by atoms with Gasteiger partial charge in [0.1, 0.15) is 0 Å². The van der Waals surface area contributed by atoms with Gasteiger partial charge in [0.05, 0.1) is 5.56 Å². The Bertz CT molecular complexity index is 426. The maximum absolute atomic E-state index is 12.5. The molecule has 0 bridgehead atoms. The molecule has 2 fully saturated rings. The first kappa shape index (κ1) is 13.0. The van der Waals surface area contributed by atoms with Gasteiger partial charge in [0.25, 0.3) is 0 Å². The van der Waals surface area contributed by atoms with Crippen LogP contribution >= 0.6 is 0 Å². The molecule has 19 heavy (non-hydrogen) atoms. The average Bonchev–Trinajstić information content (AvgIpc) is 2.89. The smallest absolute Gasteiger partial charge is 0.299 e. The number of nitrogens with zero attached hydrogens (tertiary/aromatic N) is 1. The average molecular weight is 269 g/mol. The first-order chi connectivity index (χ1) is 9.02. The van der Waals surface area contributed by atoms with E-state index in [1.165, 1.54) is 31.4 Å². The van der Waals surface area contributed by atoms with Crippen molar-refractivity contribution in [2.24, 2.45) is 11.8 Å². The van der Waals surface area contributed by atoms with Crippen LogP contribution in [-0.2, 0) is 12.7 Å². The van der Waals surface area contributed by atoms with Crippen LogP contribution in [0, 0.1) is 11.8 Å². The lowest BCUT2D eigenvalue weighted by Gasteiger charge is -2.17. The van der Waals surface area contributed by atoms with Crippen molar-refractivity contribution in [1.82, 2.24) is 4.90 Å². The van der Waals surface area contributed by atoms with Crippen LogP contribution in [0.1, 0.15) is 30.4 Å². The predicted octanol–water partition coefficient (Wildman–Crippen LogP) is 3.94. The summed E-state index contributed by atoms with van der Waals surface area (Å²) in [4.78, 5) is 2.39. The molecule has 1 aromatic carbocycles. The zero-order chi connectivity index (χ0) is 13.5. The lowest BCUT2D eigenvalue weighted by Crippen LogP contribution is -2.21. The summed E-state index contributed by atoms with van der Waals surface area (Å²) in [7, 11) is 0. The minimum absolute atomic E-state index is 0.561. The number of benzene rings is 1. The summed E-state index contributed by atoms with van der Waals surface area (Å²) < 4.78 is 37.4. The molecule has 0 aromatic heterocycles. The number of alkyl halides is 3. The molecule has 1 saturated carbocycles. The Labute approximate surface area is 111 Å². The van der Waals surface area contributed by atoms with Gasteiger partial charge in [0.2, 0.25) is 0 Å². The second-order valence-electron chi connectivity index (χ2n) is 5.84. The molecule has 1 aliphatic carbocycles. The maximum atomic E-state index is 12.5. The van der Waals surface area contributed by atoms with Gasteiger partial charge < -0.3 is 0 Å². The minimum Gasteiger partial charge on any atom is -0.299 e. The molecule has 1 aromatic rings. The summed E-state index contributed by atoms with van der Waals surface area (Å²) in [5, 5.41) is 0. The van der Waals surface area contributed by atoms with Crippen molar-refractivity contribution < 1.29 is 13.2 Å². The molecule has 0 amide bonds. The van der Waals surface area contributed by atoms with Crippen molar-refractivity contribution in [2.45, 2.75) is 32.0 Å². The van der Waals surface area contributed by atoms with E-state index in [2.05, 4.69) is 4.90 Å². The number of hydrogen-bond acceptors (Lipinski definition) is 1. The highest BCUT2D eigenvalue weighted by Crippen LogP contribution is 2.38. The summed E-state index contributed by atoms with van der Waals surface area (Å²) in [5.74, 6) is 1.66. The van der Waals surface area contributed by atoms with E-state index in [-0.39, 0.29) is 0 Å². The molecular formula is C15H18F3N. The van der Waals surface area contributed by atoms with E-state index in [0.717, 1.165) is 37.0 Å². The third-order valence-corrected chi connectivity index (χ3v) is 4.49. The summed E-state index contributed by atoms with van der Waals surface area (Å²) in [6.07, 6.45) is -0.227. The molecule has 4 heteroatoms. The molecule has 1 nitrogen and oxygen atoms in total. The number of halogens is 3. The van der Waals surface area contributed by atoms with Gasteiger partial charge in [-0.3, -0.25) is 4.90 Å². The highest BCUT2D eigenvalue weighted by Gasteiger charge is 2.36. The van der Waals surface area contributed by atoms with E-state index < -0.39 is 11.7 Å². The summed E-state index contributed by atoms with van der Waals surface area (Å²) >= 11 is 0. The third kappa shape index (κ3) is 2.78. The molecule has 0 radical (unpaired) electrons. The third-order valence-electron chi connectivity index (χ3n) is 4.49. The molecule has 1 aliphatic heterocycles. The van der Waals surface area contributed by atoms with Crippen LogP contribution in [-0.4, -0.2) is 18.0 Å². The molecule has 2 atom stereocenters. The van der Waals surface area contributed by atoms with Crippen LogP contribution in [0.15, 0.2) is 24.3 Å². The summed E-state index contributed by atoms with van der Waals surface area (Å²) in [6.45, 7) is 3.02. The fraction of sp³-hybridized carbons (Fsp3) is 0.600. The topological polar surface area (TPSA) is 3.24 Å². The van der Waals surface area contributed by atoms with Crippen LogP contribution < -0.4 is 0 Å². The van der Waals surface area contributed by atoms with Crippen molar-refractivity contribution in [3.63, 3.8) is 0 Å². The molecule has 0 N–H and O–H groups in total. The fourth-order valence-corrected chi connectivity index (χ4v) is 3.52. The van der Waals surface area contributed by atoms with Crippen molar-refractivity contribution in [3.05, 3.63) is 35.4 Å². The molecule has 0 unspecified atom stereocenters. The second-order valence-corrected chi connectivity index (χ2v) is 5.84. The quantitative estimate of drug-likeness (QED) is 0.786. The molecular weight excluding hydrogens is 251 g/mol. The highest BCUT2D eigenvalue weighted by molar-refractivity contribution is 5.24. The monoisotopic (exact) mass is 269 g/mol. The standard InChI is InChI=1S/C15H18F3N/c16-15(17,18)14-6-4-11(5-7-14)8-19-9-12-2-1-3-13(12)10-19/h4-7,12-13H,1-3,8-10H2/t12-,13+. The molecule has 0 spiro atoms. The number of fused-ring (bicyclic) bond motifs is 1. The Balaban J connectivity index is 1.62. The van der Waals surface area contributed by atoms with Gasteiger partial charge in [-0.05, 0) is 42.4 Å². The van der Waals surface area contributed by atoms with E-state index in [1.54, 1.807) is 12.1 Å². The van der Waals surface area contributed by atoms with Gasteiger partial charge in [0, 0.05) is 19.6 Å². The Morgan fingerprint density at radius 1 is 1.00 bits per heavy atom. The van der Waals surface area contributed by atoms with Gasteiger partial charge in [-0.2, -0.15) is 13.2 Å². The van der Waals surface area contributed by atoms with Crippen LogP contribution in [0.25, 0.3) is 0 Å². The first-order valence-electron chi connectivity index (χ1n) is 6.91. The van der Waals surface area contributed by atoms with Gasteiger partial charge in [-0.1, -0.05) is 18.6 Å². The summed E-state index contributed by atoms with van der Waals surface area (Å²) in [5.41, 5.74) is 0.419. The maximum Gasteiger partial charge on any atom is 0.416 e. The number of hydrogen-bond donors (Lipinski definition) is 0. The predicted molar refractivity (Wildman–Crippen MR) is 67.6 cm³/mol. The SMILES string of the molecule is FC(F)(F)c1ccc(CN2C[C@H]3CCC[C@H]3C2)cc1. The fourth-order valence-electron chi connectivity index (χ4n) is 3.52. The Morgan fingerprint density at radius 3 is 2.11 bits per heavy atom.